The summed E-state index contributed by atoms with van der Waals surface area (Å²) in [6, 6.07) is 61.2. The van der Waals surface area contributed by atoms with Gasteiger partial charge in [-0.1, -0.05) is 115 Å². The number of nitrogens with zero attached hydrogens (tertiary/aromatic N) is 2. The molecule has 0 radical (unpaired) electrons. The van der Waals surface area contributed by atoms with Crippen LogP contribution in [0, 0.1) is 0 Å². The standard InChI is InChI=1S/C46H28N2OS/c1-2-13-30(14-3-1)47-38-19-7-4-15-32(38)33-27-25-31(28-41(33)47)48(40-21-11-18-36-34-16-5-8-22-42(34)49-45(36)40)39-20-10-12-29-24-26-37-35-17-6-9-23-43(35)50-46(37)44(29)39/h1-28H. The molecule has 3 nitrogen and oxygen atoms in total. The van der Waals surface area contributed by atoms with Crippen LogP contribution in [0.3, 0.4) is 0 Å². The van der Waals surface area contributed by atoms with E-state index in [0.29, 0.717) is 0 Å². The van der Waals surface area contributed by atoms with Gasteiger partial charge in [-0.15, -0.1) is 11.3 Å². The van der Waals surface area contributed by atoms with E-state index in [-0.39, 0.29) is 0 Å². The van der Waals surface area contributed by atoms with Crippen molar-refractivity contribution in [3.05, 3.63) is 170 Å². The number of aromatic nitrogens is 1. The zero-order chi connectivity index (χ0) is 32.8. The largest absolute Gasteiger partial charge is 0.454 e. The normalized spacial score (nSPS) is 12.0. The molecule has 0 aliphatic rings. The Morgan fingerprint density at radius 2 is 1.18 bits per heavy atom. The lowest BCUT2D eigenvalue weighted by molar-refractivity contribution is 0.669. The van der Waals surface area contributed by atoms with Crippen LogP contribution in [0.25, 0.3) is 80.4 Å². The predicted molar refractivity (Wildman–Crippen MR) is 213 cm³/mol. The molecule has 4 heteroatoms. The fourth-order valence-electron chi connectivity index (χ4n) is 7.99. The summed E-state index contributed by atoms with van der Waals surface area (Å²) in [5.41, 5.74) is 8.44. The molecule has 8 aromatic carbocycles. The molecule has 0 N–H and O–H groups in total. The van der Waals surface area contributed by atoms with E-state index in [1.54, 1.807) is 0 Å². The van der Waals surface area contributed by atoms with Gasteiger partial charge in [0.25, 0.3) is 0 Å². The third kappa shape index (κ3) is 3.91. The van der Waals surface area contributed by atoms with Crippen LogP contribution in [-0.2, 0) is 0 Å². The summed E-state index contributed by atoms with van der Waals surface area (Å²) in [5.74, 6) is 0. The highest BCUT2D eigenvalue weighted by atomic mass is 32.1. The van der Waals surface area contributed by atoms with Gasteiger partial charge in [0.05, 0.1) is 22.4 Å². The molecule has 0 saturated carbocycles. The molecule has 0 aliphatic carbocycles. The van der Waals surface area contributed by atoms with Crippen LogP contribution in [0.4, 0.5) is 17.1 Å². The molecule has 0 fully saturated rings. The van der Waals surface area contributed by atoms with Crippen molar-refractivity contribution in [1.82, 2.24) is 4.57 Å². The van der Waals surface area contributed by atoms with Gasteiger partial charge in [-0.3, -0.25) is 0 Å². The zero-order valence-electron chi connectivity index (χ0n) is 26.9. The van der Waals surface area contributed by atoms with Gasteiger partial charge < -0.3 is 13.9 Å². The molecule has 0 aliphatic heterocycles. The maximum Gasteiger partial charge on any atom is 0.159 e. The van der Waals surface area contributed by atoms with Gasteiger partial charge in [-0.2, -0.15) is 0 Å². The van der Waals surface area contributed by atoms with E-state index in [4.69, 9.17) is 4.42 Å². The van der Waals surface area contributed by atoms with Crippen molar-refractivity contribution in [1.29, 1.82) is 0 Å². The lowest BCUT2D eigenvalue weighted by Gasteiger charge is -2.27. The quantitative estimate of drug-likeness (QED) is 0.188. The number of rotatable bonds is 4. The maximum absolute atomic E-state index is 6.74. The smallest absolute Gasteiger partial charge is 0.159 e. The fraction of sp³-hybridized carbons (Fsp3) is 0. The molecule has 11 rings (SSSR count). The molecule has 0 amide bonds. The van der Waals surface area contributed by atoms with Gasteiger partial charge in [0.2, 0.25) is 0 Å². The molecular weight excluding hydrogens is 629 g/mol. The van der Waals surface area contributed by atoms with Crippen LogP contribution in [0.5, 0.6) is 0 Å². The van der Waals surface area contributed by atoms with E-state index in [1.807, 2.05) is 17.4 Å². The van der Waals surface area contributed by atoms with Crippen molar-refractivity contribution in [2.45, 2.75) is 0 Å². The van der Waals surface area contributed by atoms with E-state index >= 15 is 0 Å². The van der Waals surface area contributed by atoms with Crippen LogP contribution < -0.4 is 4.90 Å². The summed E-state index contributed by atoms with van der Waals surface area (Å²) >= 11 is 1.87. The fourth-order valence-corrected chi connectivity index (χ4v) is 9.26. The first-order chi connectivity index (χ1) is 24.8. The number of hydrogen-bond acceptors (Lipinski definition) is 3. The third-order valence-corrected chi connectivity index (χ3v) is 11.4. The molecule has 0 bridgehead atoms. The van der Waals surface area contributed by atoms with Crippen LogP contribution >= 0.6 is 11.3 Å². The molecule has 3 heterocycles. The monoisotopic (exact) mass is 656 g/mol. The first-order valence-electron chi connectivity index (χ1n) is 16.9. The molecule has 0 spiro atoms. The van der Waals surface area contributed by atoms with E-state index in [0.717, 1.165) is 50.2 Å². The highest BCUT2D eigenvalue weighted by Gasteiger charge is 2.24. The number of furan rings is 1. The average molecular weight is 657 g/mol. The van der Waals surface area contributed by atoms with Gasteiger partial charge in [0.1, 0.15) is 5.58 Å². The van der Waals surface area contributed by atoms with Crippen molar-refractivity contribution in [2.24, 2.45) is 0 Å². The Hall–Kier alpha value is -6.36. The van der Waals surface area contributed by atoms with Crippen LogP contribution in [0.2, 0.25) is 0 Å². The molecule has 3 aromatic heterocycles. The molecular formula is C46H28N2OS. The number of thiophene rings is 1. The zero-order valence-corrected chi connectivity index (χ0v) is 27.7. The second-order valence-corrected chi connectivity index (χ2v) is 13.9. The number of anilines is 3. The van der Waals surface area contributed by atoms with Gasteiger partial charge >= 0.3 is 0 Å². The number of para-hydroxylation sites is 4. The molecule has 0 saturated heterocycles. The second kappa shape index (κ2) is 10.6. The van der Waals surface area contributed by atoms with Crippen molar-refractivity contribution in [2.75, 3.05) is 4.90 Å². The highest BCUT2D eigenvalue weighted by Crippen LogP contribution is 2.48. The lowest BCUT2D eigenvalue weighted by Crippen LogP contribution is -2.11. The minimum absolute atomic E-state index is 0.873. The molecule has 11 aromatic rings. The number of benzene rings is 8. The summed E-state index contributed by atoms with van der Waals surface area (Å²) in [6.07, 6.45) is 0. The Labute approximate surface area is 291 Å². The second-order valence-electron chi connectivity index (χ2n) is 12.9. The van der Waals surface area contributed by atoms with Crippen molar-refractivity contribution >= 4 is 103 Å². The third-order valence-electron chi connectivity index (χ3n) is 10.2. The van der Waals surface area contributed by atoms with E-state index in [9.17, 15) is 0 Å². The summed E-state index contributed by atoms with van der Waals surface area (Å²) < 4.78 is 11.7. The summed E-state index contributed by atoms with van der Waals surface area (Å²) in [5, 5.41) is 9.71. The molecule has 234 valence electrons. The number of hydrogen-bond donors (Lipinski definition) is 0. The summed E-state index contributed by atoms with van der Waals surface area (Å²) in [4.78, 5) is 2.42. The van der Waals surface area contributed by atoms with Crippen LogP contribution in [0.1, 0.15) is 0 Å². The SMILES string of the molecule is c1ccc(-n2c3ccccc3c3ccc(N(c4cccc5c4oc4ccccc45)c4cccc5ccc6c7ccccc7sc6c45)cc32)cc1. The average Bonchev–Trinajstić information content (AvgIpc) is 3.85. The van der Waals surface area contributed by atoms with E-state index < -0.39 is 0 Å². The van der Waals surface area contributed by atoms with Crippen molar-refractivity contribution in [3.8, 4) is 5.69 Å². The van der Waals surface area contributed by atoms with Gasteiger partial charge in [0, 0.05) is 58.5 Å². The van der Waals surface area contributed by atoms with Crippen LogP contribution in [0.15, 0.2) is 174 Å². The Bertz CT molecular complexity index is 3110. The predicted octanol–water partition coefficient (Wildman–Crippen LogP) is 13.7. The molecule has 50 heavy (non-hydrogen) atoms. The Morgan fingerprint density at radius 1 is 0.480 bits per heavy atom. The molecule has 0 unspecified atom stereocenters. The topological polar surface area (TPSA) is 21.3 Å². The first-order valence-corrected chi connectivity index (χ1v) is 17.8. The van der Waals surface area contributed by atoms with E-state index in [2.05, 4.69) is 173 Å². The molecule has 0 atom stereocenters. The van der Waals surface area contributed by atoms with Crippen molar-refractivity contribution < 1.29 is 4.42 Å². The lowest BCUT2D eigenvalue weighted by atomic mass is 10.0. The Morgan fingerprint density at radius 3 is 2.10 bits per heavy atom. The minimum atomic E-state index is 0.873. The summed E-state index contributed by atoms with van der Waals surface area (Å²) in [7, 11) is 0. The van der Waals surface area contributed by atoms with Crippen LogP contribution in [-0.4, -0.2) is 4.57 Å². The minimum Gasteiger partial charge on any atom is -0.454 e. The van der Waals surface area contributed by atoms with Gasteiger partial charge in [-0.05, 0) is 60.0 Å². The van der Waals surface area contributed by atoms with Gasteiger partial charge in [0.15, 0.2) is 5.58 Å². The summed E-state index contributed by atoms with van der Waals surface area (Å²) in [6.45, 7) is 0. The van der Waals surface area contributed by atoms with Gasteiger partial charge in [-0.25, -0.2) is 0 Å². The van der Waals surface area contributed by atoms with Crippen molar-refractivity contribution in [3.63, 3.8) is 0 Å². The maximum atomic E-state index is 6.74. The Balaban J connectivity index is 1.28. The van der Waals surface area contributed by atoms with E-state index in [1.165, 1.54) is 47.2 Å². The Kier molecular flexibility index (Phi) is 5.83. The first kappa shape index (κ1) is 27.6. The highest BCUT2D eigenvalue weighted by molar-refractivity contribution is 7.26. The number of fused-ring (bicyclic) bond motifs is 11.